The van der Waals surface area contributed by atoms with Crippen LogP contribution in [0.25, 0.3) is 0 Å². The van der Waals surface area contributed by atoms with E-state index in [2.05, 4.69) is 31.1 Å². The van der Waals surface area contributed by atoms with Gasteiger partial charge >= 0.3 is 0 Å². The smallest absolute Gasteiger partial charge is 0.123 e. The minimum atomic E-state index is -0.146. The van der Waals surface area contributed by atoms with Gasteiger partial charge in [-0.3, -0.25) is 0 Å². The van der Waals surface area contributed by atoms with Crippen LogP contribution in [-0.2, 0) is 6.54 Å². The summed E-state index contributed by atoms with van der Waals surface area (Å²) in [5.41, 5.74) is 1.05. The molecule has 0 atom stereocenters. The third-order valence-electron chi connectivity index (χ3n) is 3.29. The van der Waals surface area contributed by atoms with Gasteiger partial charge in [0, 0.05) is 6.54 Å². The summed E-state index contributed by atoms with van der Waals surface area (Å²) in [6.07, 6.45) is 3.69. The van der Waals surface area contributed by atoms with E-state index < -0.39 is 0 Å². The number of benzene rings is 1. The van der Waals surface area contributed by atoms with Crippen molar-refractivity contribution in [3.8, 4) is 0 Å². The third kappa shape index (κ3) is 8.28. The summed E-state index contributed by atoms with van der Waals surface area (Å²) in [6, 6.07) is 6.87. The zero-order chi connectivity index (χ0) is 14.8. The number of nitrogens with one attached hydrogen (secondary N) is 1. The maximum Gasteiger partial charge on any atom is 0.123 e. The molecule has 0 spiro atoms. The highest BCUT2D eigenvalue weighted by molar-refractivity contribution is 5.15. The van der Waals surface area contributed by atoms with Gasteiger partial charge in [-0.05, 0) is 63.1 Å². The van der Waals surface area contributed by atoms with Crippen LogP contribution in [0.1, 0.15) is 38.7 Å². The molecule has 0 saturated carbocycles. The molecule has 0 aliphatic carbocycles. The Labute approximate surface area is 123 Å². The van der Waals surface area contributed by atoms with Crippen LogP contribution in [0.5, 0.6) is 0 Å². The molecule has 0 bridgehead atoms. The van der Waals surface area contributed by atoms with E-state index in [1.807, 2.05) is 6.07 Å². The zero-order valence-corrected chi connectivity index (χ0v) is 13.2. The molecule has 1 rings (SSSR count). The minimum absolute atomic E-state index is 0.146. The summed E-state index contributed by atoms with van der Waals surface area (Å²) in [4.78, 5) is 2.26. The number of hydrogen-bond donors (Lipinski definition) is 1. The highest BCUT2D eigenvalue weighted by atomic mass is 19.1. The fourth-order valence-corrected chi connectivity index (χ4v) is 2.23. The first-order valence-electron chi connectivity index (χ1n) is 7.71. The maximum atomic E-state index is 13.1. The molecule has 0 saturated heterocycles. The highest BCUT2D eigenvalue weighted by Gasteiger charge is 2.01. The summed E-state index contributed by atoms with van der Waals surface area (Å²) in [6.45, 7) is 8.58. The number of hydrogen-bond acceptors (Lipinski definition) is 2. The highest BCUT2D eigenvalue weighted by Crippen LogP contribution is 2.07. The summed E-state index contributed by atoms with van der Waals surface area (Å²) in [5.74, 6) is 0.583. The molecular weight excluding hydrogens is 251 g/mol. The van der Waals surface area contributed by atoms with Crippen LogP contribution in [-0.4, -0.2) is 31.6 Å². The lowest BCUT2D eigenvalue weighted by Gasteiger charge is -2.16. The van der Waals surface area contributed by atoms with Crippen molar-refractivity contribution in [1.82, 2.24) is 10.2 Å². The van der Waals surface area contributed by atoms with Crippen LogP contribution in [0.2, 0.25) is 0 Å². The van der Waals surface area contributed by atoms with E-state index in [1.54, 1.807) is 12.1 Å². The van der Waals surface area contributed by atoms with Crippen LogP contribution >= 0.6 is 0 Å². The van der Waals surface area contributed by atoms with Gasteiger partial charge in [0.25, 0.3) is 0 Å². The number of halogens is 1. The number of rotatable bonds is 10. The molecule has 1 aromatic rings. The van der Waals surface area contributed by atoms with Crippen molar-refractivity contribution in [2.24, 2.45) is 5.92 Å². The van der Waals surface area contributed by atoms with Gasteiger partial charge in [-0.1, -0.05) is 32.4 Å². The molecule has 20 heavy (non-hydrogen) atoms. The van der Waals surface area contributed by atoms with E-state index in [0.717, 1.165) is 37.7 Å². The van der Waals surface area contributed by atoms with Gasteiger partial charge in [0.15, 0.2) is 0 Å². The van der Waals surface area contributed by atoms with E-state index in [-0.39, 0.29) is 5.82 Å². The number of nitrogens with zero attached hydrogens (tertiary/aromatic N) is 1. The van der Waals surface area contributed by atoms with Gasteiger partial charge in [-0.2, -0.15) is 0 Å². The van der Waals surface area contributed by atoms with Crippen molar-refractivity contribution in [2.75, 3.05) is 26.7 Å². The summed E-state index contributed by atoms with van der Waals surface area (Å²) >= 11 is 0. The van der Waals surface area contributed by atoms with Crippen LogP contribution < -0.4 is 5.32 Å². The second-order valence-electron chi connectivity index (χ2n) is 6.03. The van der Waals surface area contributed by atoms with Crippen LogP contribution in [0, 0.1) is 11.7 Å². The molecule has 0 fully saturated rings. The predicted octanol–water partition coefficient (Wildman–Crippen LogP) is 3.67. The molecule has 2 nitrogen and oxygen atoms in total. The molecule has 0 heterocycles. The normalized spacial score (nSPS) is 11.5. The van der Waals surface area contributed by atoms with E-state index in [0.29, 0.717) is 0 Å². The average Bonchev–Trinajstić information content (AvgIpc) is 2.37. The standard InChI is InChI=1S/C17H29FN2/c1-15(2)13-19-10-5-4-6-11-20(3)14-16-8-7-9-17(18)12-16/h7-9,12,15,19H,4-6,10-11,13-14H2,1-3H3. The lowest BCUT2D eigenvalue weighted by atomic mass is 10.2. The Balaban J connectivity index is 2.04. The van der Waals surface area contributed by atoms with Gasteiger partial charge in [-0.25, -0.2) is 4.39 Å². The van der Waals surface area contributed by atoms with Gasteiger partial charge in [0.2, 0.25) is 0 Å². The molecule has 0 aromatic heterocycles. The monoisotopic (exact) mass is 280 g/mol. The molecule has 1 N–H and O–H groups in total. The molecule has 0 aliphatic rings. The largest absolute Gasteiger partial charge is 0.316 e. The Kier molecular flexibility index (Phi) is 8.47. The minimum Gasteiger partial charge on any atom is -0.316 e. The quantitative estimate of drug-likeness (QED) is 0.658. The summed E-state index contributed by atoms with van der Waals surface area (Å²) in [7, 11) is 2.10. The van der Waals surface area contributed by atoms with Crippen molar-refractivity contribution in [2.45, 2.75) is 39.7 Å². The first kappa shape index (κ1) is 17.1. The lowest BCUT2D eigenvalue weighted by molar-refractivity contribution is 0.316. The van der Waals surface area contributed by atoms with Crippen molar-refractivity contribution >= 4 is 0 Å². The Bertz CT molecular complexity index is 366. The lowest BCUT2D eigenvalue weighted by Crippen LogP contribution is -2.21. The van der Waals surface area contributed by atoms with Crippen molar-refractivity contribution in [1.29, 1.82) is 0 Å². The van der Waals surface area contributed by atoms with Gasteiger partial charge < -0.3 is 10.2 Å². The third-order valence-corrected chi connectivity index (χ3v) is 3.29. The van der Waals surface area contributed by atoms with E-state index in [4.69, 9.17) is 0 Å². The summed E-state index contributed by atoms with van der Waals surface area (Å²) < 4.78 is 13.1. The van der Waals surface area contributed by atoms with E-state index in [1.165, 1.54) is 25.3 Å². The second-order valence-corrected chi connectivity index (χ2v) is 6.03. The first-order chi connectivity index (χ1) is 9.58. The maximum absolute atomic E-state index is 13.1. The molecule has 1 aromatic carbocycles. The average molecular weight is 280 g/mol. The fraction of sp³-hybridized carbons (Fsp3) is 0.647. The van der Waals surface area contributed by atoms with Crippen molar-refractivity contribution in [3.05, 3.63) is 35.6 Å². The van der Waals surface area contributed by atoms with Crippen LogP contribution in [0.3, 0.4) is 0 Å². The van der Waals surface area contributed by atoms with Gasteiger partial charge in [0.1, 0.15) is 5.82 Å². The SMILES string of the molecule is CC(C)CNCCCCCN(C)Cc1cccc(F)c1. The van der Waals surface area contributed by atoms with E-state index >= 15 is 0 Å². The molecule has 0 aliphatic heterocycles. The second kappa shape index (κ2) is 9.89. The Hall–Kier alpha value is -0.930. The van der Waals surface area contributed by atoms with Gasteiger partial charge in [0.05, 0.1) is 0 Å². The van der Waals surface area contributed by atoms with Crippen molar-refractivity contribution < 1.29 is 4.39 Å². The number of unbranched alkanes of at least 4 members (excludes halogenated alkanes) is 2. The van der Waals surface area contributed by atoms with E-state index in [9.17, 15) is 4.39 Å². The molecule has 0 radical (unpaired) electrons. The summed E-state index contributed by atoms with van der Waals surface area (Å²) in [5, 5.41) is 3.46. The molecule has 0 amide bonds. The Morgan fingerprint density at radius 2 is 2.00 bits per heavy atom. The zero-order valence-electron chi connectivity index (χ0n) is 13.2. The fourth-order valence-electron chi connectivity index (χ4n) is 2.23. The molecule has 114 valence electrons. The van der Waals surface area contributed by atoms with Gasteiger partial charge in [-0.15, -0.1) is 0 Å². The predicted molar refractivity (Wildman–Crippen MR) is 84.3 cm³/mol. The Morgan fingerprint density at radius 1 is 1.20 bits per heavy atom. The topological polar surface area (TPSA) is 15.3 Å². The van der Waals surface area contributed by atoms with Crippen molar-refractivity contribution in [3.63, 3.8) is 0 Å². The Morgan fingerprint density at radius 3 is 2.70 bits per heavy atom. The molecule has 3 heteroatoms. The molecular formula is C17H29FN2. The molecule has 0 unspecified atom stereocenters. The first-order valence-corrected chi connectivity index (χ1v) is 7.71. The van der Waals surface area contributed by atoms with Crippen LogP contribution in [0.4, 0.5) is 4.39 Å². The van der Waals surface area contributed by atoms with Crippen LogP contribution in [0.15, 0.2) is 24.3 Å².